The number of hydrogen-bond acceptors (Lipinski definition) is 4. The van der Waals surface area contributed by atoms with Crippen molar-refractivity contribution in [2.45, 2.75) is 88.1 Å². The Bertz CT molecular complexity index is 1030. The predicted molar refractivity (Wildman–Crippen MR) is 126 cm³/mol. The fraction of sp³-hybridized carbons (Fsp3) is 0.680. The van der Waals surface area contributed by atoms with Gasteiger partial charge in [0.25, 0.3) is 0 Å². The Morgan fingerprint density at radius 2 is 1.73 bits per heavy atom. The third-order valence-electron chi connectivity index (χ3n) is 7.77. The van der Waals surface area contributed by atoms with Crippen LogP contribution in [0.2, 0.25) is 0 Å². The zero-order chi connectivity index (χ0) is 23.2. The first-order valence-electron chi connectivity index (χ1n) is 12.6. The molecule has 2 saturated carbocycles. The number of fused-ring (bicyclic) bond motifs is 1. The van der Waals surface area contributed by atoms with Gasteiger partial charge in [0.15, 0.2) is 0 Å². The van der Waals surface area contributed by atoms with E-state index in [2.05, 4.69) is 5.32 Å². The van der Waals surface area contributed by atoms with E-state index in [1.165, 1.54) is 10.7 Å². The van der Waals surface area contributed by atoms with E-state index in [1.54, 1.807) is 18.2 Å². The minimum absolute atomic E-state index is 0.00110. The molecule has 0 unspecified atom stereocenters. The van der Waals surface area contributed by atoms with Gasteiger partial charge in [-0.25, -0.2) is 8.42 Å². The molecule has 1 aromatic carbocycles. The first-order chi connectivity index (χ1) is 15.8. The summed E-state index contributed by atoms with van der Waals surface area (Å²) in [6.45, 7) is 2.70. The molecule has 0 radical (unpaired) electrons. The van der Waals surface area contributed by atoms with E-state index in [1.807, 2.05) is 11.8 Å². The van der Waals surface area contributed by atoms with Gasteiger partial charge in [0, 0.05) is 36.8 Å². The van der Waals surface area contributed by atoms with Crippen LogP contribution in [0.15, 0.2) is 23.1 Å². The zero-order valence-electron chi connectivity index (χ0n) is 19.5. The van der Waals surface area contributed by atoms with Crippen LogP contribution in [0.1, 0.15) is 70.3 Å². The maximum Gasteiger partial charge on any atom is 0.243 e. The van der Waals surface area contributed by atoms with Crippen LogP contribution in [0.3, 0.4) is 0 Å². The summed E-state index contributed by atoms with van der Waals surface area (Å²) in [5.74, 6) is 0.00178. The van der Waals surface area contributed by atoms with Crippen molar-refractivity contribution in [3.63, 3.8) is 0 Å². The van der Waals surface area contributed by atoms with Crippen LogP contribution in [0.25, 0.3) is 0 Å². The molecule has 2 heterocycles. The Labute approximate surface area is 196 Å². The Morgan fingerprint density at radius 1 is 0.970 bits per heavy atom. The fourth-order valence-corrected chi connectivity index (χ4v) is 7.30. The van der Waals surface area contributed by atoms with E-state index in [9.17, 15) is 18.0 Å². The highest BCUT2D eigenvalue weighted by molar-refractivity contribution is 7.89. The third-order valence-corrected chi connectivity index (χ3v) is 9.64. The van der Waals surface area contributed by atoms with Crippen LogP contribution in [0.4, 0.5) is 5.69 Å². The molecule has 1 aromatic rings. The molecule has 0 bridgehead atoms. The lowest BCUT2D eigenvalue weighted by atomic mass is 9.93. The number of amides is 2. The first kappa shape index (κ1) is 22.8. The van der Waals surface area contributed by atoms with Crippen molar-refractivity contribution >= 4 is 27.5 Å². The zero-order valence-corrected chi connectivity index (χ0v) is 20.3. The number of nitrogens with one attached hydrogen (secondary N) is 1. The van der Waals surface area contributed by atoms with Crippen molar-refractivity contribution in [2.24, 2.45) is 11.8 Å². The van der Waals surface area contributed by atoms with Gasteiger partial charge in [-0.15, -0.1) is 0 Å². The number of piperidine rings is 1. The lowest BCUT2D eigenvalue weighted by Crippen LogP contribution is -2.47. The second-order valence-corrected chi connectivity index (χ2v) is 12.3. The van der Waals surface area contributed by atoms with Gasteiger partial charge in [0.05, 0.1) is 10.8 Å². The van der Waals surface area contributed by atoms with Gasteiger partial charge in [-0.1, -0.05) is 19.3 Å². The highest BCUT2D eigenvalue weighted by atomic mass is 32.2. The van der Waals surface area contributed by atoms with Crippen molar-refractivity contribution in [1.82, 2.24) is 9.62 Å². The van der Waals surface area contributed by atoms with Crippen LogP contribution in [0, 0.1) is 11.8 Å². The molecule has 2 atom stereocenters. The highest BCUT2D eigenvalue weighted by Gasteiger charge is 2.40. The van der Waals surface area contributed by atoms with Gasteiger partial charge in [0.2, 0.25) is 21.8 Å². The molecule has 0 aromatic heterocycles. The number of rotatable bonds is 5. The van der Waals surface area contributed by atoms with Gasteiger partial charge in [-0.2, -0.15) is 4.31 Å². The minimum Gasteiger partial charge on any atom is -0.353 e. The maximum atomic E-state index is 13.5. The standard InChI is InChI=1S/C25H35N3O4S/c1-17-14-20-15-22(11-12-23(20)28(17)25(30)18-9-10-18)33(31,32)27-13-5-6-19(16-27)24(29)26-21-7-3-2-4-8-21/h11-12,15,17-19,21H,2-10,13-14,16H2,1H3,(H,26,29)/t17-,19-/m0/s1. The Morgan fingerprint density at radius 3 is 2.45 bits per heavy atom. The molecular formula is C25H35N3O4S. The van der Waals surface area contributed by atoms with Crippen molar-refractivity contribution in [1.29, 1.82) is 0 Å². The van der Waals surface area contributed by atoms with Gasteiger partial charge in [-0.3, -0.25) is 9.59 Å². The molecule has 1 saturated heterocycles. The van der Waals surface area contributed by atoms with E-state index in [0.29, 0.717) is 19.4 Å². The minimum atomic E-state index is -3.69. The van der Waals surface area contributed by atoms with Crippen LogP contribution < -0.4 is 10.2 Å². The van der Waals surface area contributed by atoms with Gasteiger partial charge >= 0.3 is 0 Å². The van der Waals surface area contributed by atoms with Crippen LogP contribution in [-0.4, -0.2) is 49.7 Å². The molecule has 1 N–H and O–H groups in total. The van der Waals surface area contributed by atoms with E-state index in [4.69, 9.17) is 0 Å². The molecule has 2 amide bonds. The summed E-state index contributed by atoms with van der Waals surface area (Å²) in [4.78, 5) is 27.7. The van der Waals surface area contributed by atoms with E-state index >= 15 is 0 Å². The quantitative estimate of drug-likeness (QED) is 0.711. The molecule has 33 heavy (non-hydrogen) atoms. The lowest BCUT2D eigenvalue weighted by molar-refractivity contribution is -0.127. The predicted octanol–water partition coefficient (Wildman–Crippen LogP) is 3.22. The lowest BCUT2D eigenvalue weighted by Gasteiger charge is -2.33. The monoisotopic (exact) mass is 473 g/mol. The van der Waals surface area contributed by atoms with Crippen molar-refractivity contribution in [3.05, 3.63) is 23.8 Å². The van der Waals surface area contributed by atoms with Crippen LogP contribution >= 0.6 is 0 Å². The average Bonchev–Trinajstić information content (AvgIpc) is 3.61. The van der Waals surface area contributed by atoms with E-state index in [0.717, 1.165) is 56.2 Å². The van der Waals surface area contributed by atoms with Crippen LogP contribution in [0.5, 0.6) is 0 Å². The number of carbonyl (C=O) groups is 2. The van der Waals surface area contributed by atoms with Gasteiger partial charge in [0.1, 0.15) is 0 Å². The fourth-order valence-electron chi connectivity index (χ4n) is 5.72. The largest absolute Gasteiger partial charge is 0.353 e. The Hall–Kier alpha value is -1.93. The van der Waals surface area contributed by atoms with Gasteiger partial charge < -0.3 is 10.2 Å². The molecule has 2 aliphatic heterocycles. The summed E-state index contributed by atoms with van der Waals surface area (Å²) in [5.41, 5.74) is 1.77. The molecule has 5 rings (SSSR count). The summed E-state index contributed by atoms with van der Waals surface area (Å²) >= 11 is 0. The molecule has 0 spiro atoms. The topological polar surface area (TPSA) is 86.8 Å². The molecule has 180 valence electrons. The normalized spacial score (nSPS) is 26.8. The molecule has 7 nitrogen and oxygen atoms in total. The summed E-state index contributed by atoms with van der Waals surface area (Å²) in [7, 11) is -3.69. The summed E-state index contributed by atoms with van der Waals surface area (Å²) in [6.07, 6.45) is 9.56. The number of benzene rings is 1. The smallest absolute Gasteiger partial charge is 0.243 e. The second kappa shape index (κ2) is 9.02. The molecule has 3 fully saturated rings. The Balaban J connectivity index is 1.29. The van der Waals surface area contributed by atoms with Crippen molar-refractivity contribution in [3.8, 4) is 0 Å². The number of carbonyl (C=O) groups excluding carboxylic acids is 2. The van der Waals surface area contributed by atoms with E-state index < -0.39 is 10.0 Å². The molecular weight excluding hydrogens is 438 g/mol. The SMILES string of the molecule is C[C@H]1Cc2cc(S(=O)(=O)N3CCC[C@H](C(=O)NC4CCCCC4)C3)ccc2N1C(=O)C1CC1. The highest BCUT2D eigenvalue weighted by Crippen LogP contribution is 2.40. The van der Waals surface area contributed by atoms with E-state index in [-0.39, 0.29) is 47.2 Å². The number of hydrogen-bond donors (Lipinski definition) is 1. The number of nitrogens with zero attached hydrogens (tertiary/aromatic N) is 2. The van der Waals surface area contributed by atoms with Crippen LogP contribution in [-0.2, 0) is 26.0 Å². The second-order valence-electron chi connectivity index (χ2n) is 10.4. The van der Waals surface area contributed by atoms with Crippen molar-refractivity contribution < 1.29 is 18.0 Å². The first-order valence-corrected chi connectivity index (χ1v) is 14.0. The van der Waals surface area contributed by atoms with Gasteiger partial charge in [-0.05, 0) is 75.6 Å². The number of anilines is 1. The molecule has 8 heteroatoms. The Kier molecular flexibility index (Phi) is 6.25. The summed E-state index contributed by atoms with van der Waals surface area (Å²) in [5, 5.41) is 3.17. The molecule has 4 aliphatic rings. The maximum absolute atomic E-state index is 13.5. The summed E-state index contributed by atoms with van der Waals surface area (Å²) < 4.78 is 28.4. The third kappa shape index (κ3) is 4.56. The molecule has 2 aliphatic carbocycles. The average molecular weight is 474 g/mol. The van der Waals surface area contributed by atoms with Crippen molar-refractivity contribution in [2.75, 3.05) is 18.0 Å². The number of sulfonamides is 1. The summed E-state index contributed by atoms with van der Waals surface area (Å²) in [6, 6.07) is 5.45.